The van der Waals surface area contributed by atoms with Crippen molar-refractivity contribution in [3.05, 3.63) is 41.4 Å². The molecule has 1 fully saturated rings. The molecular formula is C17H18ClNO4S2. The molecule has 134 valence electrons. The summed E-state index contributed by atoms with van der Waals surface area (Å²) < 4.78 is 27.9. The summed E-state index contributed by atoms with van der Waals surface area (Å²) in [5, 5.41) is 10.1. The number of benzene rings is 1. The summed E-state index contributed by atoms with van der Waals surface area (Å²) >= 11 is 6.97. The molecule has 2 aromatic rings. The Labute approximate surface area is 155 Å². The molecule has 1 unspecified atom stereocenters. The number of hydrogen-bond acceptors (Lipinski definition) is 4. The number of hydrogen-bond donors (Lipinski definition) is 2. The third-order valence-electron chi connectivity index (χ3n) is 4.49. The molecule has 0 amide bonds. The number of rotatable bonds is 6. The summed E-state index contributed by atoms with van der Waals surface area (Å²) in [5.74, 6) is -1.23. The summed E-state index contributed by atoms with van der Waals surface area (Å²) in [6, 6.07) is 10.3. The molecule has 0 aliphatic heterocycles. The van der Waals surface area contributed by atoms with Crippen molar-refractivity contribution in [3.63, 3.8) is 0 Å². The fraction of sp³-hybridized carbons (Fsp3) is 0.353. The molecular weight excluding hydrogens is 382 g/mol. The zero-order chi connectivity index (χ0) is 18.4. The number of sulfonamides is 1. The SMILES string of the molecule is CC(C)[C@@H]1CC1(NS(=O)(=O)c1ccc(-c2ccc(Cl)cc2)s1)C(=O)O. The summed E-state index contributed by atoms with van der Waals surface area (Å²) in [4.78, 5) is 12.4. The molecule has 0 bridgehead atoms. The second-order valence-corrected chi connectivity index (χ2v) is 9.99. The third-order valence-corrected chi connectivity index (χ3v) is 7.88. The van der Waals surface area contributed by atoms with Gasteiger partial charge in [0.05, 0.1) is 0 Å². The molecule has 1 aliphatic rings. The van der Waals surface area contributed by atoms with E-state index in [0.29, 0.717) is 11.4 Å². The van der Waals surface area contributed by atoms with E-state index in [1.807, 2.05) is 26.0 Å². The van der Waals surface area contributed by atoms with E-state index in [1.54, 1.807) is 18.2 Å². The Balaban J connectivity index is 1.86. The predicted octanol–water partition coefficient (Wildman–Crippen LogP) is 3.85. The normalized spacial score (nSPS) is 23.0. The smallest absolute Gasteiger partial charge is 0.325 e. The molecule has 25 heavy (non-hydrogen) atoms. The van der Waals surface area contributed by atoms with Gasteiger partial charge in [0.1, 0.15) is 9.75 Å². The average Bonchev–Trinajstić information content (AvgIpc) is 3.04. The summed E-state index contributed by atoms with van der Waals surface area (Å²) in [5.41, 5.74) is -0.535. The van der Waals surface area contributed by atoms with Crippen LogP contribution in [0, 0.1) is 11.8 Å². The van der Waals surface area contributed by atoms with Gasteiger partial charge < -0.3 is 5.11 Å². The Morgan fingerprint density at radius 3 is 2.44 bits per heavy atom. The zero-order valence-corrected chi connectivity index (χ0v) is 16.1. The number of nitrogens with one attached hydrogen (secondary N) is 1. The fourth-order valence-corrected chi connectivity index (χ4v) is 5.87. The number of thiophene rings is 1. The van der Waals surface area contributed by atoms with E-state index in [9.17, 15) is 18.3 Å². The highest BCUT2D eigenvalue weighted by atomic mass is 35.5. The first-order valence-corrected chi connectivity index (χ1v) is 10.5. The quantitative estimate of drug-likeness (QED) is 0.772. The Hall–Kier alpha value is -1.41. The van der Waals surface area contributed by atoms with Crippen molar-refractivity contribution in [2.75, 3.05) is 0 Å². The molecule has 2 N–H and O–H groups in total. The highest BCUT2D eigenvalue weighted by molar-refractivity contribution is 7.91. The van der Waals surface area contributed by atoms with Gasteiger partial charge in [-0.3, -0.25) is 4.79 Å². The van der Waals surface area contributed by atoms with Gasteiger partial charge in [-0.15, -0.1) is 11.3 Å². The highest BCUT2D eigenvalue weighted by Gasteiger charge is 2.63. The van der Waals surface area contributed by atoms with Gasteiger partial charge in [-0.05, 0) is 48.1 Å². The molecule has 3 rings (SSSR count). The van der Waals surface area contributed by atoms with E-state index < -0.39 is 21.5 Å². The number of carbonyl (C=O) groups is 1. The van der Waals surface area contributed by atoms with Crippen LogP contribution in [0.5, 0.6) is 0 Å². The van der Waals surface area contributed by atoms with Gasteiger partial charge in [0.15, 0.2) is 0 Å². The van der Waals surface area contributed by atoms with Crippen LogP contribution in [-0.4, -0.2) is 25.0 Å². The van der Waals surface area contributed by atoms with Gasteiger partial charge in [0.25, 0.3) is 10.0 Å². The molecule has 2 atom stereocenters. The molecule has 0 saturated heterocycles. The van der Waals surface area contributed by atoms with E-state index in [0.717, 1.165) is 21.8 Å². The van der Waals surface area contributed by atoms with Crippen molar-refractivity contribution in [3.8, 4) is 10.4 Å². The zero-order valence-electron chi connectivity index (χ0n) is 13.7. The Morgan fingerprint density at radius 2 is 1.92 bits per heavy atom. The lowest BCUT2D eigenvalue weighted by atomic mass is 10.0. The van der Waals surface area contributed by atoms with Crippen molar-refractivity contribution in [2.45, 2.75) is 30.0 Å². The number of carboxylic acid groups (broad SMARTS) is 1. The van der Waals surface area contributed by atoms with Gasteiger partial charge in [-0.25, -0.2) is 8.42 Å². The van der Waals surface area contributed by atoms with Gasteiger partial charge >= 0.3 is 5.97 Å². The van der Waals surface area contributed by atoms with E-state index in [2.05, 4.69) is 4.72 Å². The van der Waals surface area contributed by atoms with Crippen LogP contribution in [0.4, 0.5) is 0 Å². The van der Waals surface area contributed by atoms with Crippen molar-refractivity contribution in [1.82, 2.24) is 4.72 Å². The number of aliphatic carboxylic acids is 1. The molecule has 0 spiro atoms. The lowest BCUT2D eigenvalue weighted by Crippen LogP contribution is -2.45. The molecule has 1 heterocycles. The standard InChI is InChI=1S/C17H18ClNO4S2/c1-10(2)13-9-17(13,16(20)21)19-25(22,23)15-8-7-14(24-15)11-3-5-12(18)6-4-11/h3-8,10,13,19H,9H2,1-2H3,(H,20,21)/t13-,17?/m0/s1. The molecule has 1 aromatic heterocycles. The minimum atomic E-state index is -3.90. The summed E-state index contributed by atoms with van der Waals surface area (Å²) in [6.07, 6.45) is 0.314. The van der Waals surface area contributed by atoms with Gasteiger partial charge in [-0.2, -0.15) is 4.72 Å². The van der Waals surface area contributed by atoms with Crippen LogP contribution in [0.25, 0.3) is 10.4 Å². The fourth-order valence-electron chi connectivity index (χ4n) is 3.02. The van der Waals surface area contributed by atoms with Crippen LogP contribution < -0.4 is 4.72 Å². The highest BCUT2D eigenvalue weighted by Crippen LogP contribution is 2.49. The van der Waals surface area contributed by atoms with Crippen molar-refractivity contribution < 1.29 is 18.3 Å². The van der Waals surface area contributed by atoms with E-state index in [1.165, 1.54) is 6.07 Å². The third kappa shape index (κ3) is 3.46. The number of carboxylic acids is 1. The van der Waals surface area contributed by atoms with Crippen LogP contribution in [0.3, 0.4) is 0 Å². The summed E-state index contributed by atoms with van der Waals surface area (Å²) in [7, 11) is -3.90. The van der Waals surface area contributed by atoms with Gasteiger partial charge in [0, 0.05) is 9.90 Å². The Morgan fingerprint density at radius 1 is 1.28 bits per heavy atom. The van der Waals surface area contributed by atoms with Crippen LogP contribution >= 0.6 is 22.9 Å². The maximum absolute atomic E-state index is 12.7. The van der Waals surface area contributed by atoms with Crippen LogP contribution in [0.1, 0.15) is 20.3 Å². The monoisotopic (exact) mass is 399 g/mol. The molecule has 0 radical (unpaired) electrons. The first kappa shape index (κ1) is 18.4. The van der Waals surface area contributed by atoms with Crippen LogP contribution in [0.15, 0.2) is 40.6 Å². The molecule has 1 aromatic carbocycles. The second-order valence-electron chi connectivity index (χ2n) is 6.56. The van der Waals surface area contributed by atoms with E-state index >= 15 is 0 Å². The topological polar surface area (TPSA) is 83.5 Å². The molecule has 8 heteroatoms. The second kappa shape index (κ2) is 6.39. The van der Waals surface area contributed by atoms with Gasteiger partial charge in [-0.1, -0.05) is 37.6 Å². The maximum atomic E-state index is 12.7. The molecule has 1 aliphatic carbocycles. The summed E-state index contributed by atoms with van der Waals surface area (Å²) in [6.45, 7) is 3.79. The average molecular weight is 400 g/mol. The van der Waals surface area contributed by atoms with Crippen molar-refractivity contribution >= 4 is 38.9 Å². The first-order valence-electron chi connectivity index (χ1n) is 7.79. The van der Waals surface area contributed by atoms with E-state index in [4.69, 9.17) is 11.6 Å². The van der Waals surface area contributed by atoms with E-state index in [-0.39, 0.29) is 16.0 Å². The Kier molecular flexibility index (Phi) is 4.70. The number of halogens is 1. The van der Waals surface area contributed by atoms with Crippen LogP contribution in [0.2, 0.25) is 5.02 Å². The first-order chi connectivity index (χ1) is 11.7. The van der Waals surface area contributed by atoms with Gasteiger partial charge in [0.2, 0.25) is 0 Å². The minimum Gasteiger partial charge on any atom is -0.480 e. The lowest BCUT2D eigenvalue weighted by molar-refractivity contribution is -0.140. The molecule has 5 nitrogen and oxygen atoms in total. The largest absolute Gasteiger partial charge is 0.480 e. The maximum Gasteiger partial charge on any atom is 0.325 e. The van der Waals surface area contributed by atoms with Crippen LogP contribution in [-0.2, 0) is 14.8 Å². The van der Waals surface area contributed by atoms with Crippen molar-refractivity contribution in [2.24, 2.45) is 11.8 Å². The van der Waals surface area contributed by atoms with Crippen molar-refractivity contribution in [1.29, 1.82) is 0 Å². The molecule has 1 saturated carbocycles. The minimum absolute atomic E-state index is 0.0896. The predicted molar refractivity (Wildman–Crippen MR) is 98.4 cm³/mol. The Bertz CT molecular complexity index is 905. The lowest BCUT2D eigenvalue weighted by Gasteiger charge is -2.16.